The topological polar surface area (TPSA) is 91.9 Å². The van der Waals surface area contributed by atoms with Crippen molar-refractivity contribution in [3.63, 3.8) is 0 Å². The van der Waals surface area contributed by atoms with Crippen molar-refractivity contribution in [2.24, 2.45) is 0 Å². The predicted molar refractivity (Wildman–Crippen MR) is 149 cm³/mol. The van der Waals surface area contributed by atoms with Gasteiger partial charge in [-0.3, -0.25) is 0 Å². The fourth-order valence-corrected chi connectivity index (χ4v) is 4.97. The lowest BCUT2D eigenvalue weighted by Crippen LogP contribution is -2.18. The van der Waals surface area contributed by atoms with Crippen LogP contribution in [0.25, 0.3) is 27.8 Å². The molecule has 0 radical (unpaired) electrons. The number of benzene rings is 2. The van der Waals surface area contributed by atoms with Gasteiger partial charge < -0.3 is 23.9 Å². The summed E-state index contributed by atoms with van der Waals surface area (Å²) >= 11 is 0. The number of methoxy groups -OCH3 is 1. The number of nitrogens with one attached hydrogen (secondary N) is 1. The van der Waals surface area contributed by atoms with E-state index in [1.807, 2.05) is 76.1 Å². The van der Waals surface area contributed by atoms with E-state index in [0.29, 0.717) is 24.5 Å². The molecule has 4 heterocycles. The molecule has 1 aliphatic rings. The van der Waals surface area contributed by atoms with Gasteiger partial charge in [0.1, 0.15) is 12.0 Å². The Hall–Kier alpha value is -4.37. The minimum absolute atomic E-state index is 0.0133. The lowest BCUT2D eigenvalue weighted by molar-refractivity contribution is -0.0393. The maximum absolute atomic E-state index is 12.6. The van der Waals surface area contributed by atoms with Crippen molar-refractivity contribution in [1.29, 1.82) is 0 Å². The van der Waals surface area contributed by atoms with E-state index in [1.54, 1.807) is 14.0 Å². The highest BCUT2D eigenvalue weighted by Crippen LogP contribution is 2.30. The van der Waals surface area contributed by atoms with Crippen LogP contribution in [0.4, 0.5) is 5.82 Å². The van der Waals surface area contributed by atoms with Crippen molar-refractivity contribution >= 4 is 28.3 Å². The van der Waals surface area contributed by atoms with Gasteiger partial charge in [-0.25, -0.2) is 14.5 Å². The molecule has 1 aliphatic heterocycles. The largest absolute Gasteiger partial charge is 0.497 e. The molecule has 1 unspecified atom stereocenters. The van der Waals surface area contributed by atoms with E-state index in [4.69, 9.17) is 24.3 Å². The molecule has 0 saturated carbocycles. The molecule has 0 bridgehead atoms. The van der Waals surface area contributed by atoms with Gasteiger partial charge in [0.2, 0.25) is 0 Å². The van der Waals surface area contributed by atoms with Crippen molar-refractivity contribution in [3.8, 4) is 17.0 Å². The third-order valence-electron chi connectivity index (χ3n) is 7.01. The summed E-state index contributed by atoms with van der Waals surface area (Å²) < 4.78 is 20.3. The standard InChI is InChI=1S/C30H31N5O4/c1-3-38-30(36)22-17-27-29(31-18-20-7-10-23(37-2)11-8-20)32-25-16-21(9-12-26(25)34(27)19-22)24-13-14-35(33-24)28-6-4-5-15-39-28/h7-14,16-17,19,28H,3-6,15,18H2,1-2H3,(H,31,32). The summed E-state index contributed by atoms with van der Waals surface area (Å²) in [4.78, 5) is 17.5. The fourth-order valence-electron chi connectivity index (χ4n) is 4.97. The van der Waals surface area contributed by atoms with E-state index >= 15 is 0 Å². The van der Waals surface area contributed by atoms with Crippen molar-refractivity contribution in [2.45, 2.75) is 39.0 Å². The highest BCUT2D eigenvalue weighted by molar-refractivity contribution is 5.95. The number of hydrogen-bond donors (Lipinski definition) is 1. The quantitative estimate of drug-likeness (QED) is 0.254. The number of carbonyl (C=O) groups excluding carboxylic acids is 1. The molecule has 39 heavy (non-hydrogen) atoms. The van der Waals surface area contributed by atoms with Gasteiger partial charge >= 0.3 is 5.97 Å². The third kappa shape index (κ3) is 5.05. The van der Waals surface area contributed by atoms with Crippen molar-refractivity contribution in [2.75, 3.05) is 25.6 Å². The van der Waals surface area contributed by atoms with Crippen LogP contribution in [0.3, 0.4) is 0 Å². The van der Waals surface area contributed by atoms with E-state index in [2.05, 4.69) is 5.32 Å². The van der Waals surface area contributed by atoms with E-state index in [9.17, 15) is 4.79 Å². The van der Waals surface area contributed by atoms with Gasteiger partial charge in [0.15, 0.2) is 5.82 Å². The number of aromatic nitrogens is 4. The summed E-state index contributed by atoms with van der Waals surface area (Å²) in [6.45, 7) is 3.44. The third-order valence-corrected chi connectivity index (χ3v) is 7.01. The highest BCUT2D eigenvalue weighted by Gasteiger charge is 2.19. The summed E-state index contributed by atoms with van der Waals surface area (Å²) in [7, 11) is 1.65. The minimum Gasteiger partial charge on any atom is -0.497 e. The van der Waals surface area contributed by atoms with E-state index < -0.39 is 0 Å². The smallest absolute Gasteiger partial charge is 0.339 e. The van der Waals surface area contributed by atoms with Crippen LogP contribution in [0.15, 0.2) is 67.0 Å². The van der Waals surface area contributed by atoms with E-state index in [1.165, 1.54) is 0 Å². The van der Waals surface area contributed by atoms with Crippen molar-refractivity contribution in [1.82, 2.24) is 19.2 Å². The number of rotatable bonds is 8. The molecular weight excluding hydrogens is 494 g/mol. The molecule has 1 fully saturated rings. The number of nitrogens with zero attached hydrogens (tertiary/aromatic N) is 4. The first-order valence-electron chi connectivity index (χ1n) is 13.3. The van der Waals surface area contributed by atoms with Crippen LogP contribution < -0.4 is 10.1 Å². The number of carbonyl (C=O) groups is 1. The first kappa shape index (κ1) is 24.9. The van der Waals surface area contributed by atoms with Gasteiger partial charge in [0.05, 0.1) is 41.5 Å². The molecule has 1 saturated heterocycles. The maximum Gasteiger partial charge on any atom is 0.339 e. The Kier molecular flexibility index (Phi) is 6.89. The van der Waals surface area contributed by atoms with Crippen LogP contribution in [0.5, 0.6) is 5.75 Å². The highest BCUT2D eigenvalue weighted by atomic mass is 16.5. The molecule has 9 heteroatoms. The average Bonchev–Trinajstić information content (AvgIpc) is 3.65. The Bertz CT molecular complexity index is 1620. The number of ether oxygens (including phenoxy) is 3. The summed E-state index contributed by atoms with van der Waals surface area (Å²) in [5.74, 6) is 1.12. The molecule has 0 spiro atoms. The number of anilines is 1. The maximum atomic E-state index is 12.6. The lowest BCUT2D eigenvalue weighted by atomic mass is 10.1. The van der Waals surface area contributed by atoms with Crippen LogP contribution >= 0.6 is 0 Å². The number of hydrogen-bond acceptors (Lipinski definition) is 7. The van der Waals surface area contributed by atoms with Gasteiger partial charge in [-0.1, -0.05) is 18.2 Å². The SMILES string of the molecule is CCOC(=O)c1cc2c(NCc3ccc(OC)cc3)nc3cc(-c4ccn(C5CCCCO5)n4)ccc3n2c1. The second-order valence-corrected chi connectivity index (χ2v) is 9.57. The van der Waals surface area contributed by atoms with Crippen molar-refractivity contribution < 1.29 is 19.0 Å². The summed E-state index contributed by atoms with van der Waals surface area (Å²) in [5.41, 5.74) is 5.85. The second kappa shape index (κ2) is 10.8. The molecule has 2 aromatic carbocycles. The Morgan fingerprint density at radius 2 is 1.97 bits per heavy atom. The van der Waals surface area contributed by atoms with Crippen LogP contribution in [0, 0.1) is 0 Å². The summed E-state index contributed by atoms with van der Waals surface area (Å²) in [6, 6.07) is 17.8. The molecule has 3 aromatic heterocycles. The molecular formula is C30H31N5O4. The van der Waals surface area contributed by atoms with Gasteiger partial charge in [-0.05, 0) is 68.1 Å². The molecule has 200 valence electrons. The number of fused-ring (bicyclic) bond motifs is 3. The molecule has 1 N–H and O–H groups in total. The van der Waals surface area contributed by atoms with Crippen LogP contribution in [-0.2, 0) is 16.0 Å². The monoisotopic (exact) mass is 525 g/mol. The normalized spacial score (nSPS) is 15.5. The minimum atomic E-state index is -0.359. The first-order chi connectivity index (χ1) is 19.1. The second-order valence-electron chi connectivity index (χ2n) is 9.57. The van der Waals surface area contributed by atoms with Crippen LogP contribution in [0.2, 0.25) is 0 Å². The Morgan fingerprint density at radius 1 is 1.10 bits per heavy atom. The lowest BCUT2D eigenvalue weighted by Gasteiger charge is -2.22. The van der Waals surface area contributed by atoms with E-state index in [-0.39, 0.29) is 12.2 Å². The van der Waals surface area contributed by atoms with Gasteiger partial charge in [0.25, 0.3) is 0 Å². The Labute approximate surface area is 226 Å². The molecule has 0 amide bonds. The van der Waals surface area contributed by atoms with E-state index in [0.717, 1.165) is 65.0 Å². The Balaban J connectivity index is 1.38. The fraction of sp³-hybridized carbons (Fsp3) is 0.300. The van der Waals surface area contributed by atoms with Crippen LogP contribution in [-0.4, -0.2) is 45.5 Å². The summed E-state index contributed by atoms with van der Waals surface area (Å²) in [6.07, 6.45) is 6.99. The Morgan fingerprint density at radius 3 is 2.74 bits per heavy atom. The van der Waals surface area contributed by atoms with Gasteiger partial charge in [0, 0.05) is 31.1 Å². The predicted octanol–water partition coefficient (Wildman–Crippen LogP) is 5.85. The summed E-state index contributed by atoms with van der Waals surface area (Å²) in [5, 5.41) is 8.27. The van der Waals surface area contributed by atoms with Gasteiger partial charge in [-0.15, -0.1) is 0 Å². The number of esters is 1. The molecule has 6 rings (SSSR count). The molecule has 0 aliphatic carbocycles. The first-order valence-corrected chi connectivity index (χ1v) is 13.3. The molecule has 9 nitrogen and oxygen atoms in total. The van der Waals surface area contributed by atoms with Crippen LogP contribution in [0.1, 0.15) is 48.3 Å². The molecule has 5 aromatic rings. The zero-order valence-electron chi connectivity index (χ0n) is 22.1. The zero-order chi connectivity index (χ0) is 26.8. The van der Waals surface area contributed by atoms with Crippen molar-refractivity contribution in [3.05, 3.63) is 78.1 Å². The average molecular weight is 526 g/mol. The van der Waals surface area contributed by atoms with Gasteiger partial charge in [-0.2, -0.15) is 5.10 Å². The zero-order valence-corrected chi connectivity index (χ0v) is 22.1. The molecule has 1 atom stereocenters.